The number of amides is 2. The summed E-state index contributed by atoms with van der Waals surface area (Å²) in [4.78, 5) is 22.5. The summed E-state index contributed by atoms with van der Waals surface area (Å²) < 4.78 is 0. The van der Waals surface area contributed by atoms with E-state index in [1.807, 2.05) is 30.3 Å². The molecule has 2 rings (SSSR count). The second kappa shape index (κ2) is 5.35. The minimum atomic E-state index is -0.472. The number of benzene rings is 2. The van der Waals surface area contributed by atoms with Gasteiger partial charge in [-0.2, -0.15) is 0 Å². The second-order valence-electron chi connectivity index (χ2n) is 4.17. The van der Waals surface area contributed by atoms with Crippen molar-refractivity contribution in [2.45, 2.75) is 6.92 Å². The number of nitrogens with two attached hydrogens (primary N) is 1. The number of hydrogen-bond donors (Lipinski definition) is 2. The van der Waals surface area contributed by atoms with Crippen molar-refractivity contribution in [3.05, 3.63) is 54.1 Å². The third-order valence-corrected chi connectivity index (χ3v) is 2.69. The van der Waals surface area contributed by atoms with Gasteiger partial charge in [0.25, 0.3) is 0 Å². The van der Waals surface area contributed by atoms with Crippen LogP contribution in [-0.2, 0) is 4.79 Å². The predicted molar refractivity (Wildman–Crippen MR) is 74.7 cm³/mol. The molecular formula is C15H14N2O2. The molecule has 2 amide bonds. The number of carbonyl (C=O) groups is 2. The molecule has 0 saturated heterocycles. The van der Waals surface area contributed by atoms with Crippen molar-refractivity contribution in [2.24, 2.45) is 5.73 Å². The second-order valence-corrected chi connectivity index (χ2v) is 4.17. The van der Waals surface area contributed by atoms with Gasteiger partial charge in [0, 0.05) is 18.2 Å². The number of primary amides is 1. The van der Waals surface area contributed by atoms with E-state index < -0.39 is 5.91 Å². The van der Waals surface area contributed by atoms with Gasteiger partial charge in [-0.25, -0.2) is 0 Å². The summed E-state index contributed by atoms with van der Waals surface area (Å²) >= 11 is 0. The average molecular weight is 254 g/mol. The molecule has 19 heavy (non-hydrogen) atoms. The molecule has 0 fully saturated rings. The van der Waals surface area contributed by atoms with Crippen LogP contribution in [0.5, 0.6) is 0 Å². The van der Waals surface area contributed by atoms with E-state index in [2.05, 4.69) is 5.32 Å². The van der Waals surface area contributed by atoms with Gasteiger partial charge >= 0.3 is 0 Å². The SMILES string of the molecule is CC(=O)Nc1cccc(-c2ccccc2C(N)=O)c1. The highest BCUT2D eigenvalue weighted by Gasteiger charge is 2.09. The Morgan fingerprint density at radius 2 is 1.79 bits per heavy atom. The molecule has 0 unspecified atom stereocenters. The number of rotatable bonds is 3. The number of nitrogens with one attached hydrogen (secondary N) is 1. The van der Waals surface area contributed by atoms with Crippen molar-refractivity contribution >= 4 is 17.5 Å². The third kappa shape index (κ3) is 2.98. The minimum absolute atomic E-state index is 0.139. The molecule has 2 aromatic rings. The van der Waals surface area contributed by atoms with E-state index in [-0.39, 0.29) is 5.91 Å². The summed E-state index contributed by atoms with van der Waals surface area (Å²) in [5.41, 5.74) is 8.09. The molecule has 0 radical (unpaired) electrons. The van der Waals surface area contributed by atoms with E-state index in [9.17, 15) is 9.59 Å². The highest BCUT2D eigenvalue weighted by molar-refractivity contribution is 6.00. The van der Waals surface area contributed by atoms with Gasteiger partial charge < -0.3 is 11.1 Å². The molecule has 4 heteroatoms. The first-order chi connectivity index (χ1) is 9.08. The maximum atomic E-state index is 11.4. The van der Waals surface area contributed by atoms with Crippen molar-refractivity contribution in [1.82, 2.24) is 0 Å². The summed E-state index contributed by atoms with van der Waals surface area (Å²) in [5, 5.41) is 2.71. The minimum Gasteiger partial charge on any atom is -0.366 e. The van der Waals surface area contributed by atoms with E-state index in [4.69, 9.17) is 5.73 Å². The van der Waals surface area contributed by atoms with Crippen LogP contribution in [0.25, 0.3) is 11.1 Å². The molecule has 0 bridgehead atoms. The molecule has 0 heterocycles. The zero-order valence-electron chi connectivity index (χ0n) is 10.5. The topological polar surface area (TPSA) is 72.2 Å². The smallest absolute Gasteiger partial charge is 0.249 e. The van der Waals surface area contributed by atoms with Crippen LogP contribution in [0.2, 0.25) is 0 Å². The third-order valence-electron chi connectivity index (χ3n) is 2.69. The summed E-state index contributed by atoms with van der Waals surface area (Å²) in [6.07, 6.45) is 0. The Labute approximate surface area is 111 Å². The maximum absolute atomic E-state index is 11.4. The van der Waals surface area contributed by atoms with Crippen molar-refractivity contribution in [1.29, 1.82) is 0 Å². The molecule has 0 aromatic heterocycles. The van der Waals surface area contributed by atoms with Crippen molar-refractivity contribution < 1.29 is 9.59 Å². The first kappa shape index (κ1) is 12.8. The van der Waals surface area contributed by atoms with E-state index >= 15 is 0 Å². The fourth-order valence-electron chi connectivity index (χ4n) is 1.92. The first-order valence-corrected chi connectivity index (χ1v) is 5.85. The Bertz CT molecular complexity index is 636. The Kier molecular flexibility index (Phi) is 3.61. The Morgan fingerprint density at radius 1 is 1.05 bits per heavy atom. The highest BCUT2D eigenvalue weighted by atomic mass is 16.1. The molecular weight excluding hydrogens is 240 g/mol. The monoisotopic (exact) mass is 254 g/mol. The van der Waals surface area contributed by atoms with Gasteiger partial charge in [-0.3, -0.25) is 9.59 Å². The van der Waals surface area contributed by atoms with Crippen molar-refractivity contribution in [2.75, 3.05) is 5.32 Å². The average Bonchev–Trinajstić information content (AvgIpc) is 2.38. The van der Waals surface area contributed by atoms with Gasteiger partial charge in [0.1, 0.15) is 0 Å². The molecule has 0 aliphatic carbocycles. The Balaban J connectivity index is 2.47. The van der Waals surface area contributed by atoms with E-state index in [0.717, 1.165) is 11.1 Å². The lowest BCUT2D eigenvalue weighted by Crippen LogP contribution is -2.12. The van der Waals surface area contributed by atoms with Gasteiger partial charge in [-0.15, -0.1) is 0 Å². The van der Waals surface area contributed by atoms with Gasteiger partial charge in [0.15, 0.2) is 0 Å². The lowest BCUT2D eigenvalue weighted by Gasteiger charge is -2.09. The number of carbonyl (C=O) groups excluding carboxylic acids is 2. The molecule has 0 aliphatic rings. The molecule has 2 aromatic carbocycles. The molecule has 4 nitrogen and oxygen atoms in total. The molecule has 0 atom stereocenters. The summed E-state index contributed by atoms with van der Waals surface area (Å²) in [6, 6.07) is 14.4. The van der Waals surface area contributed by atoms with Crippen LogP contribution in [-0.4, -0.2) is 11.8 Å². The van der Waals surface area contributed by atoms with Crippen LogP contribution in [0.3, 0.4) is 0 Å². The highest BCUT2D eigenvalue weighted by Crippen LogP contribution is 2.25. The lowest BCUT2D eigenvalue weighted by atomic mass is 9.99. The van der Waals surface area contributed by atoms with Gasteiger partial charge in [0.2, 0.25) is 11.8 Å². The van der Waals surface area contributed by atoms with Gasteiger partial charge in [-0.1, -0.05) is 30.3 Å². The lowest BCUT2D eigenvalue weighted by molar-refractivity contribution is -0.114. The molecule has 96 valence electrons. The molecule has 0 spiro atoms. The number of hydrogen-bond acceptors (Lipinski definition) is 2. The zero-order chi connectivity index (χ0) is 13.8. The van der Waals surface area contributed by atoms with Gasteiger partial charge in [-0.05, 0) is 29.3 Å². The van der Waals surface area contributed by atoms with Gasteiger partial charge in [0.05, 0.1) is 0 Å². The molecule has 3 N–H and O–H groups in total. The van der Waals surface area contributed by atoms with E-state index in [1.165, 1.54) is 6.92 Å². The fourth-order valence-corrected chi connectivity index (χ4v) is 1.92. The Morgan fingerprint density at radius 3 is 2.47 bits per heavy atom. The maximum Gasteiger partial charge on any atom is 0.249 e. The summed E-state index contributed by atoms with van der Waals surface area (Å²) in [6.45, 7) is 1.45. The van der Waals surface area contributed by atoms with Crippen LogP contribution in [0.4, 0.5) is 5.69 Å². The van der Waals surface area contributed by atoms with Crippen LogP contribution in [0, 0.1) is 0 Å². The summed E-state index contributed by atoms with van der Waals surface area (Å²) in [7, 11) is 0. The van der Waals surface area contributed by atoms with Crippen LogP contribution < -0.4 is 11.1 Å². The fraction of sp³-hybridized carbons (Fsp3) is 0.0667. The Hall–Kier alpha value is -2.62. The van der Waals surface area contributed by atoms with Crippen LogP contribution in [0.15, 0.2) is 48.5 Å². The quantitative estimate of drug-likeness (QED) is 0.882. The van der Waals surface area contributed by atoms with E-state index in [1.54, 1.807) is 18.2 Å². The molecule has 0 saturated carbocycles. The first-order valence-electron chi connectivity index (χ1n) is 5.85. The summed E-state index contributed by atoms with van der Waals surface area (Å²) in [5.74, 6) is -0.610. The standard InChI is InChI=1S/C15H14N2O2/c1-10(18)17-12-6-4-5-11(9-12)13-7-2-3-8-14(13)15(16)19/h2-9H,1H3,(H2,16,19)(H,17,18). The number of anilines is 1. The van der Waals surface area contributed by atoms with Crippen molar-refractivity contribution in [3.8, 4) is 11.1 Å². The van der Waals surface area contributed by atoms with Crippen LogP contribution >= 0.6 is 0 Å². The molecule has 0 aliphatic heterocycles. The normalized spacial score (nSPS) is 9.95. The van der Waals surface area contributed by atoms with Crippen LogP contribution in [0.1, 0.15) is 17.3 Å². The van der Waals surface area contributed by atoms with E-state index in [0.29, 0.717) is 11.3 Å². The zero-order valence-corrected chi connectivity index (χ0v) is 10.5. The largest absolute Gasteiger partial charge is 0.366 e. The predicted octanol–water partition coefficient (Wildman–Crippen LogP) is 2.41. The van der Waals surface area contributed by atoms with Crippen molar-refractivity contribution in [3.63, 3.8) is 0 Å².